The highest BCUT2D eigenvalue weighted by Crippen LogP contribution is 2.08. The van der Waals surface area contributed by atoms with E-state index in [0.717, 1.165) is 0 Å². The SMILES string of the molecule is CC.CC.CC.CCC.CCC.CCC.O=C=Nc1ccccc1.O=C=Nc1ccccc1.O=C=Nc1ccccc1.c1ccccc1. The van der Waals surface area contributed by atoms with E-state index in [1.54, 1.807) is 36.4 Å². The van der Waals surface area contributed by atoms with Gasteiger partial charge in [-0.25, -0.2) is 14.4 Å². The molecule has 0 aromatic heterocycles. The van der Waals surface area contributed by atoms with Gasteiger partial charge < -0.3 is 0 Å². The van der Waals surface area contributed by atoms with Crippen LogP contribution in [0.4, 0.5) is 17.1 Å². The van der Waals surface area contributed by atoms with Crippen molar-refractivity contribution in [2.75, 3.05) is 0 Å². The number of hydrogen-bond donors (Lipinski definition) is 0. The highest BCUT2D eigenvalue weighted by Gasteiger charge is 1.81. The Labute approximate surface area is 293 Å². The fraction of sp³-hybridized carbons (Fsp3) is 0.357. The third-order valence-corrected chi connectivity index (χ3v) is 3.46. The van der Waals surface area contributed by atoms with Crippen molar-refractivity contribution in [1.82, 2.24) is 0 Å². The molecule has 0 saturated heterocycles. The van der Waals surface area contributed by atoms with E-state index in [2.05, 4.69) is 56.5 Å². The fourth-order valence-electron chi connectivity index (χ4n) is 2.05. The van der Waals surface area contributed by atoms with Gasteiger partial charge in [0.2, 0.25) is 18.2 Å². The standard InChI is InChI=1S/3C7H5NO.C6H6.3C3H8.3C2H6/c3*9-6-8-7-4-2-1-3-5-7;1-2-4-6-5-3-1;3*1-3-2;3*1-2/h3*1-5H;1-6H;3*3H2,1-2H3;3*1-2H3. The Morgan fingerprint density at radius 2 is 0.458 bits per heavy atom. The fourth-order valence-corrected chi connectivity index (χ4v) is 2.05. The second-order valence-corrected chi connectivity index (χ2v) is 7.89. The number of nitrogens with zero attached hydrogens (tertiary/aromatic N) is 3. The Morgan fingerprint density at radius 3 is 0.583 bits per heavy atom. The first kappa shape index (κ1) is 55.4. The second kappa shape index (κ2) is 61.1. The molecule has 4 aromatic carbocycles. The van der Waals surface area contributed by atoms with Gasteiger partial charge in [0.15, 0.2) is 0 Å². The first-order chi connectivity index (χ1) is 23.5. The molecular formula is C42H63N3O3. The Morgan fingerprint density at radius 1 is 0.333 bits per heavy atom. The molecule has 4 rings (SSSR count). The monoisotopic (exact) mass is 657 g/mol. The van der Waals surface area contributed by atoms with Gasteiger partial charge >= 0.3 is 0 Å². The molecule has 0 amide bonds. The van der Waals surface area contributed by atoms with Gasteiger partial charge in [-0.15, -0.1) is 0 Å². The molecule has 0 heterocycles. The predicted octanol–water partition coefficient (Wildman–Crippen LogP) is 14.0. The average molecular weight is 658 g/mol. The van der Waals surface area contributed by atoms with Crippen LogP contribution in [0.15, 0.2) is 142 Å². The summed E-state index contributed by atoms with van der Waals surface area (Å²) in [5.41, 5.74) is 1.94. The van der Waals surface area contributed by atoms with Crippen LogP contribution in [0.1, 0.15) is 102 Å². The number of aliphatic imine (C=N–C) groups is 3. The molecule has 0 bridgehead atoms. The van der Waals surface area contributed by atoms with Gasteiger partial charge in [-0.2, -0.15) is 15.0 Å². The molecule has 0 aliphatic carbocycles. The van der Waals surface area contributed by atoms with Gasteiger partial charge in [-0.3, -0.25) is 0 Å². The summed E-state index contributed by atoms with van der Waals surface area (Å²) in [6, 6.07) is 38.9. The lowest BCUT2D eigenvalue weighted by atomic mass is 10.3. The molecule has 0 spiro atoms. The minimum atomic E-state index is 0.646. The molecule has 264 valence electrons. The van der Waals surface area contributed by atoms with Crippen LogP contribution >= 0.6 is 0 Å². The molecule has 4 aromatic rings. The maximum Gasteiger partial charge on any atom is 0.240 e. The number of benzene rings is 4. The van der Waals surface area contributed by atoms with Crippen LogP contribution in [-0.2, 0) is 14.4 Å². The van der Waals surface area contributed by atoms with Gasteiger partial charge in [0, 0.05) is 0 Å². The molecule has 6 heteroatoms. The summed E-state index contributed by atoms with van der Waals surface area (Å²) in [5.74, 6) is 0. The molecule has 6 nitrogen and oxygen atoms in total. The molecule has 0 unspecified atom stereocenters. The Hall–Kier alpha value is -4.98. The number of hydrogen-bond acceptors (Lipinski definition) is 6. The first-order valence-electron chi connectivity index (χ1n) is 16.9. The smallest absolute Gasteiger partial charge is 0.211 e. The molecule has 0 fully saturated rings. The zero-order valence-corrected chi connectivity index (χ0v) is 31.8. The third-order valence-electron chi connectivity index (χ3n) is 3.46. The summed E-state index contributed by atoms with van der Waals surface area (Å²) in [6.45, 7) is 24.8. The van der Waals surface area contributed by atoms with E-state index in [4.69, 9.17) is 0 Å². The Bertz CT molecular complexity index is 1040. The largest absolute Gasteiger partial charge is 0.240 e. The van der Waals surface area contributed by atoms with Crippen LogP contribution in [0.3, 0.4) is 0 Å². The lowest BCUT2D eigenvalue weighted by Gasteiger charge is -1.83. The zero-order valence-electron chi connectivity index (χ0n) is 31.8. The molecular weight excluding hydrogens is 594 g/mol. The van der Waals surface area contributed by atoms with Gasteiger partial charge in [0.05, 0.1) is 17.1 Å². The molecule has 0 aliphatic heterocycles. The van der Waals surface area contributed by atoms with E-state index < -0.39 is 0 Å². The van der Waals surface area contributed by atoms with E-state index in [1.165, 1.54) is 37.5 Å². The zero-order chi connectivity index (χ0) is 37.9. The lowest BCUT2D eigenvalue weighted by molar-refractivity contribution is 0.564. The minimum Gasteiger partial charge on any atom is -0.211 e. The Balaban J connectivity index is -0.000000109. The third kappa shape index (κ3) is 56.8. The van der Waals surface area contributed by atoms with Crippen LogP contribution in [0.25, 0.3) is 0 Å². The quantitative estimate of drug-likeness (QED) is 0.162. The molecule has 0 saturated carbocycles. The van der Waals surface area contributed by atoms with Crippen LogP contribution < -0.4 is 0 Å². The summed E-state index contributed by atoms with van der Waals surface area (Å²) in [6.07, 6.45) is 8.13. The average Bonchev–Trinajstić information content (AvgIpc) is 3.15. The summed E-state index contributed by atoms with van der Waals surface area (Å²) in [4.78, 5) is 39.3. The summed E-state index contributed by atoms with van der Waals surface area (Å²) >= 11 is 0. The van der Waals surface area contributed by atoms with E-state index in [-0.39, 0.29) is 0 Å². The maximum absolute atomic E-state index is 9.68. The van der Waals surface area contributed by atoms with Gasteiger partial charge in [0.25, 0.3) is 0 Å². The number of isocyanates is 3. The topological polar surface area (TPSA) is 88.3 Å². The first-order valence-corrected chi connectivity index (χ1v) is 16.9. The van der Waals surface area contributed by atoms with Crippen LogP contribution in [-0.4, -0.2) is 18.2 Å². The van der Waals surface area contributed by atoms with Crippen LogP contribution in [0, 0.1) is 0 Å². The van der Waals surface area contributed by atoms with E-state index in [0.29, 0.717) is 17.1 Å². The van der Waals surface area contributed by atoms with E-state index in [9.17, 15) is 14.4 Å². The molecule has 0 radical (unpaired) electrons. The van der Waals surface area contributed by atoms with Crippen molar-refractivity contribution in [3.63, 3.8) is 0 Å². The van der Waals surface area contributed by atoms with Crippen molar-refractivity contribution >= 4 is 35.3 Å². The summed E-state index contributed by atoms with van der Waals surface area (Å²) in [5, 5.41) is 0. The number of carbonyl (C=O) groups excluding carboxylic acids is 3. The van der Waals surface area contributed by atoms with Crippen molar-refractivity contribution in [3.05, 3.63) is 127 Å². The molecule has 0 N–H and O–H groups in total. The number of rotatable bonds is 3. The lowest BCUT2D eigenvalue weighted by Crippen LogP contribution is -1.59. The van der Waals surface area contributed by atoms with Crippen molar-refractivity contribution in [2.45, 2.75) is 102 Å². The maximum atomic E-state index is 9.68. The van der Waals surface area contributed by atoms with Crippen molar-refractivity contribution in [1.29, 1.82) is 0 Å². The second-order valence-electron chi connectivity index (χ2n) is 7.89. The molecule has 0 atom stereocenters. The number of para-hydroxylation sites is 3. The normalized spacial score (nSPS) is 7.00. The predicted molar refractivity (Wildman–Crippen MR) is 211 cm³/mol. The molecule has 48 heavy (non-hydrogen) atoms. The van der Waals surface area contributed by atoms with Crippen molar-refractivity contribution in [2.24, 2.45) is 15.0 Å². The van der Waals surface area contributed by atoms with Gasteiger partial charge in [0.1, 0.15) is 0 Å². The molecule has 0 aliphatic rings. The van der Waals surface area contributed by atoms with Gasteiger partial charge in [-0.05, 0) is 36.4 Å². The summed E-state index contributed by atoms with van der Waals surface area (Å²) in [7, 11) is 0. The minimum absolute atomic E-state index is 0.646. The van der Waals surface area contributed by atoms with E-state index >= 15 is 0 Å². The Kier molecular flexibility index (Phi) is 70.5. The van der Waals surface area contributed by atoms with Crippen molar-refractivity contribution in [3.8, 4) is 0 Å². The van der Waals surface area contributed by atoms with E-state index in [1.807, 2.05) is 133 Å². The van der Waals surface area contributed by atoms with Crippen molar-refractivity contribution < 1.29 is 14.4 Å². The highest BCUT2D eigenvalue weighted by molar-refractivity contribution is 5.49. The highest BCUT2D eigenvalue weighted by atomic mass is 16.1. The summed E-state index contributed by atoms with van der Waals surface area (Å²) < 4.78 is 0. The van der Waals surface area contributed by atoms with Crippen LogP contribution in [0.2, 0.25) is 0 Å². The van der Waals surface area contributed by atoms with Gasteiger partial charge in [-0.1, -0.05) is 193 Å². The van der Waals surface area contributed by atoms with Crippen LogP contribution in [0.5, 0.6) is 0 Å².